The van der Waals surface area contributed by atoms with Gasteiger partial charge >= 0.3 is 6.36 Å². The highest BCUT2D eigenvalue weighted by molar-refractivity contribution is 5.84. The zero-order valence-corrected chi connectivity index (χ0v) is 21.9. The Morgan fingerprint density at radius 2 is 1.55 bits per heavy atom. The van der Waals surface area contributed by atoms with Crippen LogP contribution in [0.3, 0.4) is 0 Å². The maximum atomic E-state index is 15.2. The molecule has 0 amide bonds. The van der Waals surface area contributed by atoms with Gasteiger partial charge in [-0.3, -0.25) is 0 Å². The van der Waals surface area contributed by atoms with Gasteiger partial charge in [-0.25, -0.2) is 4.39 Å². The number of halogens is 4. The second-order valence-electron chi connectivity index (χ2n) is 10.1. The number of hydrogen-bond donors (Lipinski definition) is 0. The zero-order valence-electron chi connectivity index (χ0n) is 21.9. The first-order valence-corrected chi connectivity index (χ1v) is 13.6. The molecule has 0 spiro atoms. The average molecular weight is 533 g/mol. The molecule has 0 radical (unpaired) electrons. The Hall–Kier alpha value is -2.64. The molecule has 1 fully saturated rings. The molecule has 0 aliphatic carbocycles. The number of aryl methyl sites for hydroxylation is 3. The van der Waals surface area contributed by atoms with Gasteiger partial charge in [0.05, 0.1) is 13.2 Å². The van der Waals surface area contributed by atoms with Crippen molar-refractivity contribution in [1.82, 2.24) is 0 Å². The lowest BCUT2D eigenvalue weighted by Gasteiger charge is -2.29. The van der Waals surface area contributed by atoms with Gasteiger partial charge in [0, 0.05) is 17.7 Å². The second-order valence-corrected chi connectivity index (χ2v) is 10.1. The molecule has 0 atom stereocenters. The molecular formula is C31H36F4O3. The molecular weight excluding hydrogens is 496 g/mol. The summed E-state index contributed by atoms with van der Waals surface area (Å²) < 4.78 is 68.0. The van der Waals surface area contributed by atoms with Crippen LogP contribution in [0.5, 0.6) is 5.75 Å². The molecule has 3 nitrogen and oxygen atoms in total. The molecule has 1 saturated heterocycles. The van der Waals surface area contributed by atoms with Crippen molar-refractivity contribution >= 4 is 10.8 Å². The summed E-state index contributed by atoms with van der Waals surface area (Å²) in [4.78, 5) is 0. The highest BCUT2D eigenvalue weighted by Crippen LogP contribution is 2.27. The highest BCUT2D eigenvalue weighted by atomic mass is 19.4. The lowest BCUT2D eigenvalue weighted by molar-refractivity contribution is -0.274. The molecule has 1 heterocycles. The zero-order chi connectivity index (χ0) is 27.0. The number of unbranched alkanes of at least 4 members (excludes halogenated alkanes) is 3. The summed E-state index contributed by atoms with van der Waals surface area (Å²) in [6.45, 7) is 3.73. The van der Waals surface area contributed by atoms with E-state index in [0.717, 1.165) is 49.0 Å². The van der Waals surface area contributed by atoms with Crippen LogP contribution in [0.15, 0.2) is 54.6 Å². The summed E-state index contributed by atoms with van der Waals surface area (Å²) in [5.74, 6) is -0.0312. The molecule has 0 unspecified atom stereocenters. The number of fused-ring (bicyclic) bond motifs is 1. The summed E-state index contributed by atoms with van der Waals surface area (Å²) in [6.07, 6.45) is 3.80. The van der Waals surface area contributed by atoms with Crippen LogP contribution in [0, 0.1) is 11.7 Å². The number of ether oxygens (including phenoxy) is 3. The van der Waals surface area contributed by atoms with Crippen molar-refractivity contribution in [3.63, 3.8) is 0 Å². The third kappa shape index (κ3) is 8.43. The Labute approximate surface area is 222 Å². The van der Waals surface area contributed by atoms with Gasteiger partial charge in [0.25, 0.3) is 0 Å². The van der Waals surface area contributed by atoms with Crippen molar-refractivity contribution in [2.75, 3.05) is 13.2 Å². The van der Waals surface area contributed by atoms with Crippen LogP contribution in [0.25, 0.3) is 10.8 Å². The molecule has 3 aromatic rings. The topological polar surface area (TPSA) is 27.7 Å². The monoisotopic (exact) mass is 532 g/mol. The molecule has 206 valence electrons. The Morgan fingerprint density at radius 1 is 0.816 bits per heavy atom. The predicted molar refractivity (Wildman–Crippen MR) is 141 cm³/mol. The van der Waals surface area contributed by atoms with Crippen LogP contribution in [0.2, 0.25) is 0 Å². The third-order valence-corrected chi connectivity index (χ3v) is 7.11. The molecule has 3 aromatic carbocycles. The fourth-order valence-electron chi connectivity index (χ4n) is 4.93. The van der Waals surface area contributed by atoms with Crippen molar-refractivity contribution in [2.45, 2.75) is 77.4 Å². The van der Waals surface area contributed by atoms with E-state index in [1.54, 1.807) is 18.2 Å². The van der Waals surface area contributed by atoms with Gasteiger partial charge < -0.3 is 14.2 Å². The van der Waals surface area contributed by atoms with E-state index in [1.807, 2.05) is 24.3 Å². The standard InChI is InChI=1S/C31H36F4O3/c1-2-3-4-5-6-24-20-36-29(37-21-24)18-11-23-10-17-28-26(19-23)14-13-25(30(28)32)12-7-22-8-15-27(16-9-22)38-31(33,34)35/h8-10,13-17,19,24,29H,2-7,11-12,18,20-21H2,1H3. The van der Waals surface area contributed by atoms with E-state index in [0.29, 0.717) is 29.7 Å². The van der Waals surface area contributed by atoms with Crippen LogP contribution in [0.1, 0.15) is 62.1 Å². The molecule has 7 heteroatoms. The minimum absolute atomic E-state index is 0.189. The minimum Gasteiger partial charge on any atom is -0.406 e. The van der Waals surface area contributed by atoms with Crippen LogP contribution < -0.4 is 4.74 Å². The summed E-state index contributed by atoms with van der Waals surface area (Å²) in [5.41, 5.74) is 2.50. The maximum Gasteiger partial charge on any atom is 0.573 e. The molecule has 0 N–H and O–H groups in total. The van der Waals surface area contributed by atoms with Crippen molar-refractivity contribution in [2.24, 2.45) is 5.92 Å². The first-order chi connectivity index (χ1) is 18.3. The first kappa shape index (κ1) is 28.4. The number of alkyl halides is 3. The van der Waals surface area contributed by atoms with Crippen molar-refractivity contribution in [1.29, 1.82) is 0 Å². The normalized spacial score (nSPS) is 18.1. The average Bonchev–Trinajstić information content (AvgIpc) is 2.90. The molecule has 38 heavy (non-hydrogen) atoms. The molecule has 1 aliphatic rings. The fraction of sp³-hybridized carbons (Fsp3) is 0.484. The van der Waals surface area contributed by atoms with Crippen molar-refractivity contribution in [3.8, 4) is 5.75 Å². The highest BCUT2D eigenvalue weighted by Gasteiger charge is 2.31. The van der Waals surface area contributed by atoms with Crippen LogP contribution in [0.4, 0.5) is 17.6 Å². The Kier molecular flexibility index (Phi) is 10.0. The molecule has 0 aromatic heterocycles. The number of benzene rings is 3. The van der Waals surface area contributed by atoms with E-state index < -0.39 is 6.36 Å². The Balaban J connectivity index is 1.26. The van der Waals surface area contributed by atoms with Crippen LogP contribution >= 0.6 is 0 Å². The first-order valence-electron chi connectivity index (χ1n) is 13.6. The third-order valence-electron chi connectivity index (χ3n) is 7.11. The second kappa shape index (κ2) is 13.4. The Bertz CT molecular complexity index is 1150. The van der Waals surface area contributed by atoms with Gasteiger partial charge in [0.2, 0.25) is 0 Å². The van der Waals surface area contributed by atoms with E-state index in [4.69, 9.17) is 9.47 Å². The molecule has 0 saturated carbocycles. The molecule has 4 rings (SSSR count). The lowest BCUT2D eigenvalue weighted by atomic mass is 9.98. The summed E-state index contributed by atoms with van der Waals surface area (Å²) in [5, 5.41) is 1.41. The fourth-order valence-corrected chi connectivity index (χ4v) is 4.93. The van der Waals surface area contributed by atoms with E-state index in [2.05, 4.69) is 11.7 Å². The Morgan fingerprint density at radius 3 is 2.26 bits per heavy atom. The smallest absolute Gasteiger partial charge is 0.406 e. The molecule has 1 aliphatic heterocycles. The van der Waals surface area contributed by atoms with Crippen molar-refractivity contribution in [3.05, 3.63) is 77.1 Å². The summed E-state index contributed by atoms with van der Waals surface area (Å²) in [6, 6.07) is 15.2. The quantitative estimate of drug-likeness (QED) is 0.173. The summed E-state index contributed by atoms with van der Waals surface area (Å²) >= 11 is 0. The number of hydrogen-bond acceptors (Lipinski definition) is 3. The van der Waals surface area contributed by atoms with Gasteiger partial charge in [-0.1, -0.05) is 75.1 Å². The minimum atomic E-state index is -4.72. The van der Waals surface area contributed by atoms with Crippen LogP contribution in [-0.4, -0.2) is 25.9 Å². The van der Waals surface area contributed by atoms with Crippen molar-refractivity contribution < 1.29 is 31.8 Å². The van der Waals surface area contributed by atoms with Gasteiger partial charge in [0.15, 0.2) is 6.29 Å². The van der Waals surface area contributed by atoms with Gasteiger partial charge in [-0.05, 0) is 59.9 Å². The van der Waals surface area contributed by atoms with E-state index in [9.17, 15) is 13.2 Å². The maximum absolute atomic E-state index is 15.2. The van der Waals surface area contributed by atoms with E-state index in [1.165, 1.54) is 37.8 Å². The van der Waals surface area contributed by atoms with Crippen LogP contribution in [-0.2, 0) is 28.7 Å². The number of rotatable bonds is 12. The molecule has 0 bridgehead atoms. The van der Waals surface area contributed by atoms with Gasteiger partial charge in [-0.2, -0.15) is 0 Å². The lowest BCUT2D eigenvalue weighted by Crippen LogP contribution is -2.32. The van der Waals surface area contributed by atoms with Gasteiger partial charge in [-0.15, -0.1) is 13.2 Å². The summed E-state index contributed by atoms with van der Waals surface area (Å²) in [7, 11) is 0. The van der Waals surface area contributed by atoms with Gasteiger partial charge in [0.1, 0.15) is 11.6 Å². The predicted octanol–water partition coefficient (Wildman–Crippen LogP) is 8.55. The van der Waals surface area contributed by atoms with E-state index >= 15 is 4.39 Å². The largest absolute Gasteiger partial charge is 0.573 e. The van der Waals surface area contributed by atoms with E-state index in [-0.39, 0.29) is 17.9 Å². The SMILES string of the molecule is CCCCCCC1COC(CCc2ccc3c(F)c(CCc4ccc(OC(F)(F)F)cc4)ccc3c2)OC1.